The van der Waals surface area contributed by atoms with Crippen LogP contribution in [0.15, 0.2) is 22.7 Å². The molecule has 0 aliphatic rings. The van der Waals surface area contributed by atoms with Gasteiger partial charge in [0.25, 0.3) is 0 Å². The molecule has 0 heterocycles. The highest BCUT2D eigenvalue weighted by Gasteiger charge is 2.32. The van der Waals surface area contributed by atoms with E-state index in [1.54, 1.807) is 31.9 Å². The van der Waals surface area contributed by atoms with Gasteiger partial charge in [0, 0.05) is 11.0 Å². The molecule has 0 saturated heterocycles. The van der Waals surface area contributed by atoms with E-state index in [1.165, 1.54) is 12.1 Å². The van der Waals surface area contributed by atoms with Crippen molar-refractivity contribution < 1.29 is 14.3 Å². The lowest BCUT2D eigenvalue weighted by atomic mass is 10.0. The van der Waals surface area contributed by atoms with Gasteiger partial charge in [-0.15, -0.1) is 0 Å². The summed E-state index contributed by atoms with van der Waals surface area (Å²) < 4.78 is 13.6. The first-order valence-electron chi connectivity index (χ1n) is 5.13. The molecular formula is C12H15BrFNO2. The van der Waals surface area contributed by atoms with E-state index in [1.807, 2.05) is 0 Å². The molecule has 0 bridgehead atoms. The zero-order chi connectivity index (χ0) is 13.2. The van der Waals surface area contributed by atoms with Crippen molar-refractivity contribution in [3.63, 3.8) is 0 Å². The van der Waals surface area contributed by atoms with E-state index >= 15 is 0 Å². The van der Waals surface area contributed by atoms with Crippen molar-refractivity contribution in [2.24, 2.45) is 0 Å². The number of carboxylic acid groups (broad SMARTS) is 1. The largest absolute Gasteiger partial charge is 0.480 e. The Bertz CT molecular complexity index is 435. The number of carboxylic acids is 1. The molecule has 1 N–H and O–H groups in total. The Morgan fingerprint density at radius 2 is 2.12 bits per heavy atom. The van der Waals surface area contributed by atoms with Gasteiger partial charge in [0.1, 0.15) is 11.4 Å². The van der Waals surface area contributed by atoms with Crippen molar-refractivity contribution in [1.82, 2.24) is 4.90 Å². The number of nitrogens with zero attached hydrogens (tertiary/aromatic N) is 1. The molecule has 3 nitrogen and oxygen atoms in total. The Labute approximate surface area is 108 Å². The van der Waals surface area contributed by atoms with Crippen molar-refractivity contribution >= 4 is 21.9 Å². The van der Waals surface area contributed by atoms with E-state index in [4.69, 9.17) is 5.11 Å². The van der Waals surface area contributed by atoms with Gasteiger partial charge >= 0.3 is 5.97 Å². The highest BCUT2D eigenvalue weighted by Crippen LogP contribution is 2.22. The maximum absolute atomic E-state index is 12.9. The number of benzene rings is 1. The molecular weight excluding hydrogens is 289 g/mol. The minimum atomic E-state index is -0.964. The number of likely N-dealkylation sites (N-methyl/N-ethyl adjacent to an activating group) is 1. The summed E-state index contributed by atoms with van der Waals surface area (Å²) in [5.41, 5.74) is -0.114. The number of carbonyl (C=O) groups is 1. The van der Waals surface area contributed by atoms with Crippen molar-refractivity contribution in [2.45, 2.75) is 25.9 Å². The Morgan fingerprint density at radius 1 is 1.53 bits per heavy atom. The van der Waals surface area contributed by atoms with Crippen LogP contribution in [0.25, 0.3) is 0 Å². The van der Waals surface area contributed by atoms with Crippen LogP contribution < -0.4 is 0 Å². The van der Waals surface area contributed by atoms with Crippen molar-refractivity contribution in [1.29, 1.82) is 0 Å². The first kappa shape index (κ1) is 14.1. The zero-order valence-electron chi connectivity index (χ0n) is 10.00. The molecule has 94 valence electrons. The fraction of sp³-hybridized carbons (Fsp3) is 0.417. The lowest BCUT2D eigenvalue weighted by Gasteiger charge is -2.31. The molecule has 5 heteroatoms. The van der Waals surface area contributed by atoms with Gasteiger partial charge in [-0.2, -0.15) is 0 Å². The number of aliphatic carboxylic acids is 1. The van der Waals surface area contributed by atoms with Gasteiger partial charge in [-0.25, -0.2) is 4.39 Å². The van der Waals surface area contributed by atoms with E-state index in [2.05, 4.69) is 15.9 Å². The molecule has 0 spiro atoms. The predicted octanol–water partition coefficient (Wildman–Crippen LogP) is 2.88. The van der Waals surface area contributed by atoms with Crippen LogP contribution in [0, 0.1) is 5.82 Å². The lowest BCUT2D eigenvalue weighted by Crippen LogP contribution is -2.47. The molecule has 0 unspecified atom stereocenters. The Kier molecular flexibility index (Phi) is 4.27. The van der Waals surface area contributed by atoms with Gasteiger partial charge in [0.2, 0.25) is 0 Å². The number of halogens is 2. The summed E-state index contributed by atoms with van der Waals surface area (Å²) >= 11 is 3.27. The van der Waals surface area contributed by atoms with E-state index in [-0.39, 0.29) is 5.82 Å². The molecule has 0 atom stereocenters. The molecule has 1 aromatic rings. The summed E-state index contributed by atoms with van der Waals surface area (Å²) in [4.78, 5) is 12.8. The summed E-state index contributed by atoms with van der Waals surface area (Å²) in [5.74, 6) is -1.21. The molecule has 1 aromatic carbocycles. The Balaban J connectivity index is 2.88. The lowest BCUT2D eigenvalue weighted by molar-refractivity contribution is -0.148. The third kappa shape index (κ3) is 3.26. The summed E-state index contributed by atoms with van der Waals surface area (Å²) in [6.45, 7) is 3.69. The SMILES string of the molecule is CN(Cc1ccc(F)cc1Br)C(C)(C)C(=O)O. The maximum Gasteiger partial charge on any atom is 0.323 e. The van der Waals surface area contributed by atoms with E-state index in [0.717, 1.165) is 5.56 Å². The van der Waals surface area contributed by atoms with E-state index < -0.39 is 11.5 Å². The average molecular weight is 304 g/mol. The Morgan fingerprint density at radius 3 is 2.59 bits per heavy atom. The summed E-state index contributed by atoms with van der Waals surface area (Å²) in [7, 11) is 1.73. The van der Waals surface area contributed by atoms with Crippen LogP contribution in [0.5, 0.6) is 0 Å². The molecule has 0 radical (unpaired) electrons. The summed E-state index contributed by atoms with van der Waals surface area (Å²) in [5, 5.41) is 9.09. The molecule has 0 aromatic heterocycles. The van der Waals surface area contributed by atoms with Crippen LogP contribution in [0.3, 0.4) is 0 Å². The first-order chi connectivity index (χ1) is 7.75. The highest BCUT2D eigenvalue weighted by molar-refractivity contribution is 9.10. The standard InChI is InChI=1S/C12H15BrFNO2/c1-12(2,11(16)17)15(3)7-8-4-5-9(14)6-10(8)13/h4-6H,7H2,1-3H3,(H,16,17). The van der Waals surface area contributed by atoms with E-state index in [9.17, 15) is 9.18 Å². The van der Waals surface area contributed by atoms with Gasteiger partial charge in [-0.3, -0.25) is 9.69 Å². The van der Waals surface area contributed by atoms with Crippen LogP contribution >= 0.6 is 15.9 Å². The minimum Gasteiger partial charge on any atom is -0.480 e. The summed E-state index contributed by atoms with van der Waals surface area (Å²) in [6.07, 6.45) is 0. The van der Waals surface area contributed by atoms with Gasteiger partial charge in [0.05, 0.1) is 0 Å². The second-order valence-corrected chi connectivity index (χ2v) is 5.31. The first-order valence-corrected chi connectivity index (χ1v) is 5.93. The van der Waals surface area contributed by atoms with Crippen LogP contribution in [-0.4, -0.2) is 28.6 Å². The third-order valence-electron chi connectivity index (χ3n) is 2.90. The molecule has 1 rings (SSSR count). The molecule has 0 amide bonds. The van der Waals surface area contributed by atoms with Gasteiger partial charge in [0.15, 0.2) is 0 Å². The maximum atomic E-state index is 12.9. The molecule has 0 aliphatic heterocycles. The molecule has 0 aliphatic carbocycles. The second-order valence-electron chi connectivity index (χ2n) is 4.46. The number of hydrogen-bond acceptors (Lipinski definition) is 2. The van der Waals surface area contributed by atoms with Crippen LogP contribution in [-0.2, 0) is 11.3 Å². The molecule has 17 heavy (non-hydrogen) atoms. The Hall–Kier alpha value is -0.940. The quantitative estimate of drug-likeness (QED) is 0.930. The van der Waals surface area contributed by atoms with Crippen LogP contribution in [0.1, 0.15) is 19.4 Å². The predicted molar refractivity (Wildman–Crippen MR) is 67.3 cm³/mol. The van der Waals surface area contributed by atoms with Crippen molar-refractivity contribution in [3.05, 3.63) is 34.1 Å². The molecule has 0 fully saturated rings. The second kappa shape index (κ2) is 5.14. The van der Waals surface area contributed by atoms with Gasteiger partial charge in [-0.05, 0) is 38.6 Å². The van der Waals surface area contributed by atoms with Crippen molar-refractivity contribution in [3.8, 4) is 0 Å². The monoisotopic (exact) mass is 303 g/mol. The normalized spacial score (nSPS) is 11.9. The number of rotatable bonds is 4. The highest BCUT2D eigenvalue weighted by atomic mass is 79.9. The zero-order valence-corrected chi connectivity index (χ0v) is 11.6. The fourth-order valence-electron chi connectivity index (χ4n) is 1.27. The minimum absolute atomic E-state index is 0.319. The van der Waals surface area contributed by atoms with Gasteiger partial charge in [-0.1, -0.05) is 22.0 Å². The third-order valence-corrected chi connectivity index (χ3v) is 3.64. The number of hydrogen-bond donors (Lipinski definition) is 1. The average Bonchev–Trinajstić information content (AvgIpc) is 2.21. The van der Waals surface area contributed by atoms with Crippen LogP contribution in [0.4, 0.5) is 4.39 Å². The summed E-state index contributed by atoms with van der Waals surface area (Å²) in [6, 6.07) is 4.38. The topological polar surface area (TPSA) is 40.5 Å². The van der Waals surface area contributed by atoms with Gasteiger partial charge < -0.3 is 5.11 Å². The van der Waals surface area contributed by atoms with Crippen LogP contribution in [0.2, 0.25) is 0 Å². The molecule has 0 saturated carbocycles. The van der Waals surface area contributed by atoms with Crippen molar-refractivity contribution in [2.75, 3.05) is 7.05 Å². The fourth-order valence-corrected chi connectivity index (χ4v) is 1.74. The smallest absolute Gasteiger partial charge is 0.323 e. The van der Waals surface area contributed by atoms with E-state index in [0.29, 0.717) is 11.0 Å².